The molecule has 3 nitrogen and oxygen atoms in total. The molecule has 0 bridgehead atoms. The van der Waals surface area contributed by atoms with Crippen LogP contribution in [0, 0.1) is 5.92 Å². The van der Waals surface area contributed by atoms with Crippen LogP contribution in [0.15, 0.2) is 30.3 Å². The van der Waals surface area contributed by atoms with Gasteiger partial charge in [-0.25, -0.2) is 0 Å². The van der Waals surface area contributed by atoms with Gasteiger partial charge in [0.2, 0.25) is 5.91 Å². The molecule has 2 N–H and O–H groups in total. The summed E-state index contributed by atoms with van der Waals surface area (Å²) in [4.78, 5) is 14.4. The molecule has 1 saturated carbocycles. The molecule has 0 radical (unpaired) electrons. The number of nitrogens with zero attached hydrogens (tertiary/aromatic N) is 1. The van der Waals surface area contributed by atoms with E-state index in [1.54, 1.807) is 0 Å². The molecule has 0 spiro atoms. The Morgan fingerprint density at radius 1 is 1.11 bits per heavy atom. The van der Waals surface area contributed by atoms with Crippen LogP contribution in [-0.4, -0.2) is 29.9 Å². The predicted molar refractivity (Wildman–Crippen MR) is 75.7 cm³/mol. The third kappa shape index (κ3) is 2.52. The van der Waals surface area contributed by atoms with Crippen molar-refractivity contribution in [3.8, 4) is 0 Å². The average Bonchev–Trinajstić information content (AvgIpc) is 3.08. The van der Waals surface area contributed by atoms with Crippen LogP contribution >= 0.6 is 0 Å². The summed E-state index contributed by atoms with van der Waals surface area (Å²) in [6, 6.07) is 10.4. The summed E-state index contributed by atoms with van der Waals surface area (Å²) in [5.41, 5.74) is 7.50. The maximum Gasteiger partial charge on any atom is 0.225 e. The minimum Gasteiger partial charge on any atom is -0.340 e. The number of benzene rings is 1. The van der Waals surface area contributed by atoms with Gasteiger partial charge in [0, 0.05) is 31.0 Å². The topological polar surface area (TPSA) is 46.3 Å². The second-order valence-corrected chi connectivity index (χ2v) is 5.91. The van der Waals surface area contributed by atoms with Crippen LogP contribution in [0.3, 0.4) is 0 Å². The summed E-state index contributed by atoms with van der Waals surface area (Å²) in [5.74, 6) is 0.902. The Kier molecular flexibility index (Phi) is 3.56. The highest BCUT2D eigenvalue weighted by Crippen LogP contribution is 2.31. The Labute approximate surface area is 114 Å². The first-order valence-corrected chi connectivity index (χ1v) is 7.35. The second kappa shape index (κ2) is 5.33. The summed E-state index contributed by atoms with van der Waals surface area (Å²) in [6.45, 7) is 1.51. The quantitative estimate of drug-likeness (QED) is 0.883. The highest BCUT2D eigenvalue weighted by molar-refractivity contribution is 5.79. The van der Waals surface area contributed by atoms with Crippen molar-refractivity contribution in [2.45, 2.75) is 37.6 Å². The molecule has 102 valence electrons. The van der Waals surface area contributed by atoms with E-state index in [4.69, 9.17) is 5.73 Å². The predicted octanol–water partition coefficient (Wildman–Crippen LogP) is 2.13. The van der Waals surface area contributed by atoms with Crippen molar-refractivity contribution in [1.29, 1.82) is 0 Å². The zero-order valence-corrected chi connectivity index (χ0v) is 11.3. The van der Waals surface area contributed by atoms with Crippen LogP contribution in [0.25, 0.3) is 0 Å². The van der Waals surface area contributed by atoms with E-state index >= 15 is 0 Å². The van der Waals surface area contributed by atoms with Gasteiger partial charge in [-0.2, -0.15) is 0 Å². The molecule has 1 amide bonds. The normalized spacial score (nSPS) is 27.9. The van der Waals surface area contributed by atoms with Gasteiger partial charge in [-0.1, -0.05) is 43.2 Å². The van der Waals surface area contributed by atoms with E-state index in [2.05, 4.69) is 12.1 Å². The molecule has 1 aliphatic heterocycles. The molecule has 1 aromatic carbocycles. The van der Waals surface area contributed by atoms with Gasteiger partial charge in [0.1, 0.15) is 0 Å². The van der Waals surface area contributed by atoms with Gasteiger partial charge < -0.3 is 10.6 Å². The lowest BCUT2D eigenvalue weighted by molar-refractivity contribution is -0.134. The van der Waals surface area contributed by atoms with E-state index in [0.29, 0.717) is 11.8 Å². The molecule has 1 saturated heterocycles. The number of likely N-dealkylation sites (tertiary alicyclic amines) is 1. The zero-order valence-electron chi connectivity index (χ0n) is 11.3. The number of nitrogens with two attached hydrogens (primary N) is 1. The minimum atomic E-state index is 0.0766. The number of carbonyl (C=O) groups is 1. The molecule has 1 aliphatic carbocycles. The molecule has 3 rings (SSSR count). The number of amides is 1. The lowest BCUT2D eigenvalue weighted by Gasteiger charge is -2.20. The summed E-state index contributed by atoms with van der Waals surface area (Å²) in [5, 5.41) is 0. The SMILES string of the molecule is N[C@@H]1CN(C(=O)C2CCCC2)C[C@H]1c1ccccc1. The van der Waals surface area contributed by atoms with E-state index in [1.807, 2.05) is 23.1 Å². The molecule has 1 aromatic rings. The van der Waals surface area contributed by atoms with E-state index in [-0.39, 0.29) is 12.0 Å². The van der Waals surface area contributed by atoms with E-state index in [1.165, 1.54) is 18.4 Å². The lowest BCUT2D eigenvalue weighted by Crippen LogP contribution is -2.35. The van der Waals surface area contributed by atoms with Crippen LogP contribution in [0.5, 0.6) is 0 Å². The van der Waals surface area contributed by atoms with Crippen molar-refractivity contribution >= 4 is 5.91 Å². The fourth-order valence-corrected chi connectivity index (χ4v) is 3.49. The van der Waals surface area contributed by atoms with Gasteiger partial charge in [-0.05, 0) is 18.4 Å². The largest absolute Gasteiger partial charge is 0.340 e. The lowest BCUT2D eigenvalue weighted by atomic mass is 9.95. The molecular formula is C16H22N2O. The van der Waals surface area contributed by atoms with Crippen molar-refractivity contribution in [3.63, 3.8) is 0 Å². The molecular weight excluding hydrogens is 236 g/mol. The molecule has 1 heterocycles. The van der Waals surface area contributed by atoms with Crippen molar-refractivity contribution in [2.24, 2.45) is 11.7 Å². The fraction of sp³-hybridized carbons (Fsp3) is 0.562. The summed E-state index contributed by atoms with van der Waals surface area (Å²) in [6.07, 6.45) is 4.55. The van der Waals surface area contributed by atoms with Crippen LogP contribution in [0.4, 0.5) is 0 Å². The van der Waals surface area contributed by atoms with Gasteiger partial charge >= 0.3 is 0 Å². The van der Waals surface area contributed by atoms with Gasteiger partial charge in [0.25, 0.3) is 0 Å². The van der Waals surface area contributed by atoms with Gasteiger partial charge in [0.05, 0.1) is 0 Å². The smallest absolute Gasteiger partial charge is 0.225 e. The maximum atomic E-state index is 12.4. The summed E-state index contributed by atoms with van der Waals surface area (Å²) >= 11 is 0. The maximum absolute atomic E-state index is 12.4. The number of hydrogen-bond acceptors (Lipinski definition) is 2. The first-order valence-electron chi connectivity index (χ1n) is 7.35. The monoisotopic (exact) mass is 258 g/mol. The first-order chi connectivity index (χ1) is 9.25. The van der Waals surface area contributed by atoms with Crippen molar-refractivity contribution in [2.75, 3.05) is 13.1 Å². The first kappa shape index (κ1) is 12.7. The van der Waals surface area contributed by atoms with Crippen molar-refractivity contribution < 1.29 is 4.79 Å². The van der Waals surface area contributed by atoms with Gasteiger partial charge in [0.15, 0.2) is 0 Å². The summed E-state index contributed by atoms with van der Waals surface area (Å²) < 4.78 is 0. The average molecular weight is 258 g/mol. The van der Waals surface area contributed by atoms with Crippen LogP contribution in [-0.2, 0) is 4.79 Å². The standard InChI is InChI=1S/C16H22N2O/c17-15-11-18(16(19)13-8-4-5-9-13)10-14(15)12-6-2-1-3-7-12/h1-3,6-7,13-15H,4-5,8-11,17H2/t14-,15+/m0/s1. The Bertz CT molecular complexity index is 439. The molecule has 2 atom stereocenters. The van der Waals surface area contributed by atoms with Crippen LogP contribution in [0.2, 0.25) is 0 Å². The molecule has 3 heteroatoms. The minimum absolute atomic E-state index is 0.0766. The Hall–Kier alpha value is -1.35. The van der Waals surface area contributed by atoms with Crippen LogP contribution in [0.1, 0.15) is 37.2 Å². The second-order valence-electron chi connectivity index (χ2n) is 5.91. The fourth-order valence-electron chi connectivity index (χ4n) is 3.49. The van der Waals surface area contributed by atoms with Gasteiger partial charge in [-0.15, -0.1) is 0 Å². The Morgan fingerprint density at radius 2 is 1.79 bits per heavy atom. The number of hydrogen-bond donors (Lipinski definition) is 1. The Balaban J connectivity index is 1.69. The number of carbonyl (C=O) groups excluding carboxylic acids is 1. The highest BCUT2D eigenvalue weighted by atomic mass is 16.2. The zero-order chi connectivity index (χ0) is 13.2. The summed E-state index contributed by atoms with van der Waals surface area (Å²) in [7, 11) is 0. The third-order valence-corrected chi connectivity index (χ3v) is 4.61. The highest BCUT2D eigenvalue weighted by Gasteiger charge is 2.36. The Morgan fingerprint density at radius 3 is 2.47 bits per heavy atom. The molecule has 2 fully saturated rings. The molecule has 19 heavy (non-hydrogen) atoms. The van der Waals surface area contributed by atoms with E-state index < -0.39 is 0 Å². The molecule has 0 aromatic heterocycles. The van der Waals surface area contributed by atoms with E-state index in [9.17, 15) is 4.79 Å². The van der Waals surface area contributed by atoms with Crippen LogP contribution < -0.4 is 5.73 Å². The van der Waals surface area contributed by atoms with E-state index in [0.717, 1.165) is 25.9 Å². The third-order valence-electron chi connectivity index (χ3n) is 4.61. The van der Waals surface area contributed by atoms with Crippen molar-refractivity contribution in [1.82, 2.24) is 4.90 Å². The molecule has 0 unspecified atom stereocenters. The van der Waals surface area contributed by atoms with Gasteiger partial charge in [-0.3, -0.25) is 4.79 Å². The number of rotatable bonds is 2. The molecule has 2 aliphatic rings. The van der Waals surface area contributed by atoms with Crippen molar-refractivity contribution in [3.05, 3.63) is 35.9 Å².